The lowest BCUT2D eigenvalue weighted by molar-refractivity contribution is 0.0615. The largest absolute Gasteiger partial charge is 0.383 e. The second-order valence-electron chi connectivity index (χ2n) is 4.11. The number of rotatable bonds is 3. The average molecular weight is 223 g/mol. The van der Waals surface area contributed by atoms with Crippen molar-refractivity contribution in [2.45, 2.75) is 18.9 Å². The molecular formula is C11H17N3O2. The van der Waals surface area contributed by atoms with Crippen molar-refractivity contribution in [1.29, 1.82) is 0 Å². The minimum Gasteiger partial charge on any atom is -0.383 e. The van der Waals surface area contributed by atoms with Crippen LogP contribution in [0.1, 0.15) is 23.5 Å². The molecule has 0 saturated carbocycles. The van der Waals surface area contributed by atoms with E-state index in [9.17, 15) is 4.79 Å². The van der Waals surface area contributed by atoms with Gasteiger partial charge in [0.05, 0.1) is 12.6 Å². The van der Waals surface area contributed by atoms with E-state index in [0.29, 0.717) is 12.4 Å². The first-order chi connectivity index (χ1) is 7.74. The number of aryl methyl sites for hydroxylation is 1. The maximum absolute atomic E-state index is 12.2. The van der Waals surface area contributed by atoms with Crippen molar-refractivity contribution in [3.63, 3.8) is 0 Å². The maximum Gasteiger partial charge on any atom is 0.290 e. The molecule has 1 aromatic rings. The van der Waals surface area contributed by atoms with Crippen LogP contribution in [0, 0.1) is 0 Å². The van der Waals surface area contributed by atoms with Gasteiger partial charge in [-0.15, -0.1) is 0 Å². The Morgan fingerprint density at radius 1 is 1.69 bits per heavy atom. The molecule has 16 heavy (non-hydrogen) atoms. The molecule has 1 aliphatic rings. The Morgan fingerprint density at radius 3 is 3.12 bits per heavy atom. The van der Waals surface area contributed by atoms with Gasteiger partial charge in [0.25, 0.3) is 5.91 Å². The summed E-state index contributed by atoms with van der Waals surface area (Å²) in [5.41, 5.74) is 0. The average Bonchev–Trinajstić information content (AvgIpc) is 2.87. The Labute approximate surface area is 95.0 Å². The number of nitrogens with zero attached hydrogens (tertiary/aromatic N) is 3. The fourth-order valence-electron chi connectivity index (χ4n) is 2.17. The van der Waals surface area contributed by atoms with E-state index in [1.54, 1.807) is 24.1 Å². The van der Waals surface area contributed by atoms with Crippen LogP contribution in [0.25, 0.3) is 0 Å². The number of hydrogen-bond acceptors (Lipinski definition) is 3. The van der Waals surface area contributed by atoms with Gasteiger partial charge in [0.15, 0.2) is 5.82 Å². The molecule has 0 aliphatic carbocycles. The first-order valence-corrected chi connectivity index (χ1v) is 5.51. The van der Waals surface area contributed by atoms with E-state index in [2.05, 4.69) is 4.98 Å². The van der Waals surface area contributed by atoms with Crippen LogP contribution in [-0.4, -0.2) is 46.7 Å². The molecule has 0 bridgehead atoms. The van der Waals surface area contributed by atoms with Gasteiger partial charge >= 0.3 is 0 Å². The van der Waals surface area contributed by atoms with Crippen molar-refractivity contribution in [2.24, 2.45) is 7.05 Å². The topological polar surface area (TPSA) is 47.4 Å². The van der Waals surface area contributed by atoms with Crippen LogP contribution in [0.2, 0.25) is 0 Å². The summed E-state index contributed by atoms with van der Waals surface area (Å²) in [5, 5.41) is 0. The van der Waals surface area contributed by atoms with Gasteiger partial charge in [-0.05, 0) is 12.8 Å². The van der Waals surface area contributed by atoms with E-state index in [1.807, 2.05) is 11.9 Å². The van der Waals surface area contributed by atoms with Gasteiger partial charge in [-0.2, -0.15) is 0 Å². The minimum absolute atomic E-state index is 0.00653. The van der Waals surface area contributed by atoms with Crippen molar-refractivity contribution in [3.8, 4) is 0 Å². The van der Waals surface area contributed by atoms with E-state index in [-0.39, 0.29) is 11.9 Å². The fraction of sp³-hybridized carbons (Fsp3) is 0.636. The van der Waals surface area contributed by atoms with E-state index in [4.69, 9.17) is 4.74 Å². The number of carbonyl (C=O) groups is 1. The highest BCUT2D eigenvalue weighted by atomic mass is 16.5. The molecule has 1 fully saturated rings. The molecule has 5 heteroatoms. The third-order valence-electron chi connectivity index (χ3n) is 3.01. The number of aromatic nitrogens is 2. The zero-order chi connectivity index (χ0) is 11.5. The molecule has 5 nitrogen and oxygen atoms in total. The van der Waals surface area contributed by atoms with E-state index in [1.165, 1.54) is 0 Å². The summed E-state index contributed by atoms with van der Waals surface area (Å²) >= 11 is 0. The monoisotopic (exact) mass is 223 g/mol. The van der Waals surface area contributed by atoms with Crippen molar-refractivity contribution < 1.29 is 9.53 Å². The predicted molar refractivity (Wildman–Crippen MR) is 59.1 cm³/mol. The van der Waals surface area contributed by atoms with Crippen LogP contribution in [0.3, 0.4) is 0 Å². The van der Waals surface area contributed by atoms with Crippen LogP contribution in [0.15, 0.2) is 12.4 Å². The Bertz CT molecular complexity index is 375. The molecule has 0 spiro atoms. The van der Waals surface area contributed by atoms with Crippen molar-refractivity contribution in [1.82, 2.24) is 14.5 Å². The second kappa shape index (κ2) is 4.65. The smallest absolute Gasteiger partial charge is 0.290 e. The van der Waals surface area contributed by atoms with Crippen LogP contribution in [0.4, 0.5) is 0 Å². The third-order valence-corrected chi connectivity index (χ3v) is 3.01. The van der Waals surface area contributed by atoms with Gasteiger partial charge in [0.1, 0.15) is 0 Å². The first-order valence-electron chi connectivity index (χ1n) is 5.51. The molecule has 2 heterocycles. The van der Waals surface area contributed by atoms with Gasteiger partial charge < -0.3 is 14.2 Å². The Morgan fingerprint density at radius 2 is 2.50 bits per heavy atom. The number of ether oxygens (including phenoxy) is 1. The molecule has 0 radical (unpaired) electrons. The van der Waals surface area contributed by atoms with E-state index >= 15 is 0 Å². The van der Waals surface area contributed by atoms with Crippen LogP contribution in [0.5, 0.6) is 0 Å². The third kappa shape index (κ3) is 1.95. The number of likely N-dealkylation sites (tertiary alicyclic amines) is 1. The van der Waals surface area contributed by atoms with Crippen LogP contribution < -0.4 is 0 Å². The summed E-state index contributed by atoms with van der Waals surface area (Å²) in [4.78, 5) is 18.2. The lowest BCUT2D eigenvalue weighted by Gasteiger charge is -2.23. The van der Waals surface area contributed by atoms with Gasteiger partial charge in [-0.1, -0.05) is 0 Å². The lowest BCUT2D eigenvalue weighted by atomic mass is 10.2. The Kier molecular flexibility index (Phi) is 3.24. The van der Waals surface area contributed by atoms with Crippen LogP contribution in [-0.2, 0) is 11.8 Å². The SMILES string of the molecule is COCC1CCCN1C(=O)c1nccn1C. The molecule has 1 atom stereocenters. The van der Waals surface area contributed by atoms with Crippen molar-refractivity contribution in [3.05, 3.63) is 18.2 Å². The van der Waals surface area contributed by atoms with Crippen LogP contribution >= 0.6 is 0 Å². The number of hydrogen-bond donors (Lipinski definition) is 0. The number of methoxy groups -OCH3 is 1. The predicted octanol–water partition coefficient (Wildman–Crippen LogP) is 0.671. The summed E-state index contributed by atoms with van der Waals surface area (Å²) in [7, 11) is 3.50. The quantitative estimate of drug-likeness (QED) is 0.756. The Balaban J connectivity index is 2.12. The van der Waals surface area contributed by atoms with Gasteiger partial charge in [0, 0.05) is 33.1 Å². The molecule has 0 N–H and O–H groups in total. The molecule has 1 saturated heterocycles. The number of imidazole rings is 1. The second-order valence-corrected chi connectivity index (χ2v) is 4.11. The molecule has 1 aliphatic heterocycles. The normalized spacial score (nSPS) is 20.4. The van der Waals surface area contributed by atoms with E-state index < -0.39 is 0 Å². The molecular weight excluding hydrogens is 206 g/mol. The fourth-order valence-corrected chi connectivity index (χ4v) is 2.17. The van der Waals surface area contributed by atoms with Gasteiger partial charge in [-0.3, -0.25) is 4.79 Å². The van der Waals surface area contributed by atoms with E-state index in [0.717, 1.165) is 19.4 Å². The summed E-state index contributed by atoms with van der Waals surface area (Å²) < 4.78 is 6.89. The summed E-state index contributed by atoms with van der Waals surface area (Å²) in [6.45, 7) is 1.41. The number of amides is 1. The highest BCUT2D eigenvalue weighted by Crippen LogP contribution is 2.19. The highest BCUT2D eigenvalue weighted by molar-refractivity contribution is 5.91. The molecule has 1 aromatic heterocycles. The summed E-state index contributed by atoms with van der Waals surface area (Å²) in [6.07, 6.45) is 5.50. The zero-order valence-electron chi connectivity index (χ0n) is 9.72. The van der Waals surface area contributed by atoms with Crippen molar-refractivity contribution in [2.75, 3.05) is 20.3 Å². The minimum atomic E-state index is 0.00653. The zero-order valence-corrected chi connectivity index (χ0v) is 9.72. The van der Waals surface area contributed by atoms with Gasteiger partial charge in [-0.25, -0.2) is 4.98 Å². The summed E-state index contributed by atoms with van der Waals surface area (Å²) in [5.74, 6) is 0.509. The molecule has 88 valence electrons. The number of carbonyl (C=O) groups excluding carboxylic acids is 1. The molecule has 0 aromatic carbocycles. The molecule has 1 unspecified atom stereocenters. The standard InChI is InChI=1S/C11H17N3O2/c1-13-7-5-12-10(13)11(15)14-6-3-4-9(14)8-16-2/h5,7,9H,3-4,6,8H2,1-2H3. The van der Waals surface area contributed by atoms with Gasteiger partial charge in [0.2, 0.25) is 0 Å². The maximum atomic E-state index is 12.2. The Hall–Kier alpha value is -1.36. The molecule has 1 amide bonds. The first kappa shape index (κ1) is 11.1. The summed E-state index contributed by atoms with van der Waals surface area (Å²) in [6, 6.07) is 0.203. The lowest BCUT2D eigenvalue weighted by Crippen LogP contribution is -2.39. The highest BCUT2D eigenvalue weighted by Gasteiger charge is 2.30. The van der Waals surface area contributed by atoms with Crippen molar-refractivity contribution >= 4 is 5.91 Å². The molecule has 2 rings (SSSR count).